The summed E-state index contributed by atoms with van der Waals surface area (Å²) in [5, 5.41) is 9.40. The normalized spacial score (nSPS) is 17.7. The third-order valence-electron chi connectivity index (χ3n) is 4.41. The van der Waals surface area contributed by atoms with Crippen LogP contribution < -0.4 is 33.6 Å². The van der Waals surface area contributed by atoms with Crippen molar-refractivity contribution in [2.24, 2.45) is 14.1 Å². The van der Waals surface area contributed by atoms with E-state index in [-0.39, 0.29) is 30.0 Å². The molecule has 1 aliphatic heterocycles. The first-order valence-electron chi connectivity index (χ1n) is 7.50. The third kappa shape index (κ3) is 2.98. The van der Waals surface area contributed by atoms with Crippen LogP contribution >= 0.6 is 0 Å². The van der Waals surface area contributed by atoms with Gasteiger partial charge >= 0.3 is 0 Å². The summed E-state index contributed by atoms with van der Waals surface area (Å²) in [5.74, 6) is 1.13. The van der Waals surface area contributed by atoms with E-state index in [2.05, 4.69) is 64.8 Å². The fourth-order valence-electron chi connectivity index (χ4n) is 3.11. The largest absolute Gasteiger partial charge is 1.00 e. The van der Waals surface area contributed by atoms with Gasteiger partial charge in [-0.25, -0.2) is 0 Å². The van der Waals surface area contributed by atoms with E-state index >= 15 is 0 Å². The molecule has 1 aromatic heterocycles. The van der Waals surface area contributed by atoms with Gasteiger partial charge in [0.1, 0.15) is 6.04 Å². The molecule has 0 aliphatic carbocycles. The molecule has 22 heavy (non-hydrogen) atoms. The van der Waals surface area contributed by atoms with Gasteiger partial charge in [-0.3, -0.25) is 0 Å². The first kappa shape index (κ1) is 16.8. The summed E-state index contributed by atoms with van der Waals surface area (Å²) in [6.45, 7) is 0.963. The highest BCUT2D eigenvalue weighted by atomic mass is 127. The van der Waals surface area contributed by atoms with Crippen molar-refractivity contribution in [2.75, 3.05) is 11.4 Å². The number of rotatable bonds is 2. The molecule has 3 rings (SSSR count). The van der Waals surface area contributed by atoms with Crippen LogP contribution in [-0.2, 0) is 14.1 Å². The average molecular weight is 408 g/mol. The second-order valence-electron chi connectivity index (χ2n) is 5.64. The van der Waals surface area contributed by atoms with Gasteiger partial charge in [0.05, 0.1) is 19.2 Å². The van der Waals surface area contributed by atoms with Crippen molar-refractivity contribution in [3.05, 3.63) is 36.4 Å². The zero-order valence-electron chi connectivity index (χ0n) is 13.0. The fraction of sp³-hybridized carbons (Fsp3) is 0.412. The summed E-state index contributed by atoms with van der Waals surface area (Å²) >= 11 is 0. The van der Waals surface area contributed by atoms with Crippen molar-refractivity contribution in [1.82, 2.24) is 4.68 Å². The molecule has 1 unspecified atom stereocenters. The fourth-order valence-corrected chi connectivity index (χ4v) is 3.11. The van der Waals surface area contributed by atoms with Gasteiger partial charge in [-0.15, -0.1) is 9.36 Å². The quantitative estimate of drug-likeness (QED) is 0.492. The molecular formula is C17H21IN4. The second kappa shape index (κ2) is 7.14. The van der Waals surface area contributed by atoms with E-state index in [1.165, 1.54) is 11.3 Å². The van der Waals surface area contributed by atoms with Gasteiger partial charge in [-0.2, -0.15) is 5.26 Å². The predicted molar refractivity (Wildman–Crippen MR) is 82.6 cm³/mol. The molecule has 0 amide bonds. The van der Waals surface area contributed by atoms with Crippen molar-refractivity contribution >= 4 is 5.82 Å². The van der Waals surface area contributed by atoms with E-state index in [0.717, 1.165) is 31.6 Å². The molecule has 4 nitrogen and oxygen atoms in total. The minimum absolute atomic E-state index is 0. The molecule has 0 bridgehead atoms. The van der Waals surface area contributed by atoms with Crippen molar-refractivity contribution in [3.63, 3.8) is 0 Å². The molecule has 1 fully saturated rings. The van der Waals surface area contributed by atoms with Gasteiger partial charge < -0.3 is 28.9 Å². The van der Waals surface area contributed by atoms with Crippen LogP contribution in [0.2, 0.25) is 0 Å². The molecule has 5 heteroatoms. The molecule has 2 aromatic rings. The summed E-state index contributed by atoms with van der Waals surface area (Å²) in [4.78, 5) is 2.25. The van der Waals surface area contributed by atoms with Crippen LogP contribution in [-0.4, -0.2) is 17.3 Å². The lowest BCUT2D eigenvalue weighted by Crippen LogP contribution is -3.00. The Hall–Kier alpha value is -1.55. The number of halogens is 1. The van der Waals surface area contributed by atoms with Gasteiger partial charge in [0.25, 0.3) is 0 Å². The van der Waals surface area contributed by atoms with Crippen LogP contribution in [0, 0.1) is 11.3 Å². The maximum absolute atomic E-state index is 9.40. The van der Waals surface area contributed by atoms with Gasteiger partial charge in [0.15, 0.2) is 12.9 Å². The van der Waals surface area contributed by atoms with Crippen molar-refractivity contribution in [2.45, 2.75) is 25.3 Å². The monoisotopic (exact) mass is 408 g/mol. The van der Waals surface area contributed by atoms with Gasteiger partial charge in [0.2, 0.25) is 5.69 Å². The number of piperidine rings is 1. The number of hydrogen-bond acceptors (Lipinski definition) is 2. The van der Waals surface area contributed by atoms with Crippen molar-refractivity contribution in [1.29, 1.82) is 5.26 Å². The van der Waals surface area contributed by atoms with E-state index in [0.29, 0.717) is 0 Å². The molecule has 1 aromatic carbocycles. The Bertz CT molecular complexity index is 672. The number of nitriles is 1. The summed E-state index contributed by atoms with van der Waals surface area (Å²) < 4.78 is 4.28. The minimum Gasteiger partial charge on any atom is -1.00 e. The first-order chi connectivity index (χ1) is 10.2. The summed E-state index contributed by atoms with van der Waals surface area (Å²) in [7, 11) is 4.13. The van der Waals surface area contributed by atoms with Gasteiger partial charge in [-0.05, 0) is 31.4 Å². The zero-order chi connectivity index (χ0) is 14.8. The molecule has 0 saturated carbocycles. The molecule has 0 N–H and O–H groups in total. The number of benzene rings is 1. The topological polar surface area (TPSA) is 35.8 Å². The maximum atomic E-state index is 9.40. The highest BCUT2D eigenvalue weighted by molar-refractivity contribution is 5.61. The maximum Gasteiger partial charge on any atom is 0.240 e. The highest BCUT2D eigenvalue weighted by Gasteiger charge is 2.29. The van der Waals surface area contributed by atoms with E-state index in [1.54, 1.807) is 0 Å². The van der Waals surface area contributed by atoms with Crippen LogP contribution in [0.25, 0.3) is 11.3 Å². The van der Waals surface area contributed by atoms with Crippen molar-refractivity contribution in [3.8, 4) is 17.3 Å². The van der Waals surface area contributed by atoms with E-state index in [4.69, 9.17) is 0 Å². The van der Waals surface area contributed by atoms with E-state index < -0.39 is 0 Å². The number of nitrogens with zero attached hydrogens (tertiary/aromatic N) is 4. The Morgan fingerprint density at radius 2 is 1.95 bits per heavy atom. The Kier molecular flexibility index (Phi) is 5.46. The number of aromatic nitrogens is 2. The summed E-state index contributed by atoms with van der Waals surface area (Å²) in [5.41, 5.74) is 2.38. The van der Waals surface area contributed by atoms with Gasteiger partial charge in [0, 0.05) is 12.1 Å². The number of anilines is 1. The van der Waals surface area contributed by atoms with E-state index in [1.807, 2.05) is 6.07 Å². The molecule has 0 radical (unpaired) electrons. The third-order valence-corrected chi connectivity index (χ3v) is 4.41. The van der Waals surface area contributed by atoms with Crippen LogP contribution in [0.3, 0.4) is 0 Å². The predicted octanol–water partition coefficient (Wildman–Crippen LogP) is -0.597. The highest BCUT2D eigenvalue weighted by Crippen LogP contribution is 2.27. The molecule has 116 valence electrons. The summed E-state index contributed by atoms with van der Waals surface area (Å²) in [6, 6.07) is 15.0. The Balaban J connectivity index is 0.00000176. The molecule has 1 atom stereocenters. The zero-order valence-corrected chi connectivity index (χ0v) is 15.2. The van der Waals surface area contributed by atoms with Gasteiger partial charge in [-0.1, -0.05) is 18.2 Å². The average Bonchev–Trinajstić information content (AvgIpc) is 2.84. The first-order valence-corrected chi connectivity index (χ1v) is 7.50. The molecular weight excluding hydrogens is 387 g/mol. The lowest BCUT2D eigenvalue weighted by Gasteiger charge is -2.31. The minimum atomic E-state index is -0.00373. The smallest absolute Gasteiger partial charge is 0.240 e. The van der Waals surface area contributed by atoms with Crippen LogP contribution in [0.1, 0.15) is 19.3 Å². The van der Waals surface area contributed by atoms with Crippen LogP contribution in [0.4, 0.5) is 5.82 Å². The standard InChI is InChI=1S/C17H21N4.HI/c1-19-16(14-8-4-3-5-9-14)12-17(20(19)2)21-11-7-6-10-15(21)13-18;/h3-5,8-9,12,15H,6-7,10-11H2,1-2H3;1H/q+1;/p-1. The molecule has 2 heterocycles. The molecule has 0 spiro atoms. The van der Waals surface area contributed by atoms with Crippen LogP contribution in [0.15, 0.2) is 36.4 Å². The van der Waals surface area contributed by atoms with Crippen molar-refractivity contribution < 1.29 is 28.7 Å². The second-order valence-corrected chi connectivity index (χ2v) is 5.64. The molecule has 1 saturated heterocycles. The lowest BCUT2D eigenvalue weighted by atomic mass is 10.0. The SMILES string of the molecule is Cn1c(N2CCCCC2C#N)cc(-c2ccccc2)[n+]1C.[I-]. The Morgan fingerprint density at radius 1 is 1.23 bits per heavy atom. The molecule has 1 aliphatic rings. The Labute approximate surface area is 149 Å². The van der Waals surface area contributed by atoms with E-state index in [9.17, 15) is 5.26 Å². The number of hydrogen-bond donors (Lipinski definition) is 0. The lowest BCUT2D eigenvalue weighted by molar-refractivity contribution is -0.740. The summed E-state index contributed by atoms with van der Waals surface area (Å²) in [6.07, 6.45) is 3.27. The Morgan fingerprint density at radius 3 is 2.64 bits per heavy atom. The van der Waals surface area contributed by atoms with Crippen LogP contribution in [0.5, 0.6) is 0 Å².